The predicted octanol–water partition coefficient (Wildman–Crippen LogP) is 4.24. The van der Waals surface area contributed by atoms with Crippen LogP contribution in [0.4, 0.5) is 14.5 Å². The second-order valence-corrected chi connectivity index (χ2v) is 7.38. The van der Waals surface area contributed by atoms with E-state index in [1.165, 1.54) is 24.3 Å². The van der Waals surface area contributed by atoms with Gasteiger partial charge in [0.15, 0.2) is 5.82 Å². The van der Waals surface area contributed by atoms with Crippen LogP contribution < -0.4 is 16.2 Å². The maximum absolute atomic E-state index is 15.4. The van der Waals surface area contributed by atoms with Crippen molar-refractivity contribution in [1.29, 1.82) is 0 Å². The molecule has 1 aliphatic rings. The van der Waals surface area contributed by atoms with Crippen LogP contribution in [0.3, 0.4) is 0 Å². The van der Waals surface area contributed by atoms with E-state index in [9.17, 15) is 9.18 Å². The average molecular weight is 465 g/mol. The van der Waals surface area contributed by atoms with Crippen molar-refractivity contribution in [2.45, 2.75) is 12.0 Å². The van der Waals surface area contributed by atoms with E-state index in [1.807, 2.05) is 0 Å². The lowest BCUT2D eigenvalue weighted by molar-refractivity contribution is 0.491. The summed E-state index contributed by atoms with van der Waals surface area (Å²) in [4.78, 5) is 16.6. The van der Waals surface area contributed by atoms with Crippen LogP contribution in [0.1, 0.15) is 16.1 Å². The lowest BCUT2D eigenvalue weighted by Gasteiger charge is -2.33. The second-order valence-electron chi connectivity index (χ2n) is 6.59. The molecule has 1 atom stereocenters. The molecule has 2 heterocycles. The van der Waals surface area contributed by atoms with Crippen molar-refractivity contribution in [3.05, 3.63) is 68.2 Å². The van der Waals surface area contributed by atoms with Gasteiger partial charge in [0.05, 0.1) is 33.1 Å². The highest BCUT2D eigenvalue weighted by Gasteiger charge is 2.40. The maximum Gasteiger partial charge on any atom is 0.263 e. The zero-order valence-corrected chi connectivity index (χ0v) is 17.1. The highest BCUT2D eigenvalue weighted by atomic mass is 35.5. The Balaban J connectivity index is 0.00000289. The highest BCUT2D eigenvalue weighted by molar-refractivity contribution is 6.42. The first-order valence-electron chi connectivity index (χ1n) is 9.88. The van der Waals surface area contributed by atoms with Crippen LogP contribution >= 0.6 is 35.6 Å². The Hall–Kier alpha value is -1.93. The lowest BCUT2D eigenvalue weighted by Crippen LogP contribution is -2.39. The number of hydrogen-bond donors (Lipinski definition) is 2. The van der Waals surface area contributed by atoms with Gasteiger partial charge in [0, 0.05) is 23.2 Å². The number of aromatic nitrogens is 2. The monoisotopic (exact) mass is 463 g/mol. The number of nitrogens with one attached hydrogen (secondary N) is 2. The van der Waals surface area contributed by atoms with Crippen LogP contribution in [0.2, 0.25) is 10.0 Å². The maximum atomic E-state index is 15.4. The lowest BCUT2D eigenvalue weighted by atomic mass is 9.87. The first-order chi connectivity index (χ1) is 14.5. The SMILES string of the molecule is Cl.[2H]C([2H])([2H])n1cnc2ccc(NC3(c4c(F)ccc(Cl)c4Cl)CCNC3)c(F)c2c1=O. The number of halogens is 5. The number of rotatable bonds is 3. The van der Waals surface area contributed by atoms with Gasteiger partial charge < -0.3 is 15.2 Å². The fourth-order valence-electron chi connectivity index (χ4n) is 3.56. The van der Waals surface area contributed by atoms with Gasteiger partial charge in [-0.25, -0.2) is 13.8 Å². The minimum Gasteiger partial charge on any atom is -0.372 e. The molecule has 2 aromatic carbocycles. The molecule has 154 valence electrons. The summed E-state index contributed by atoms with van der Waals surface area (Å²) >= 11 is 12.4. The van der Waals surface area contributed by atoms with Crippen molar-refractivity contribution in [2.75, 3.05) is 18.4 Å². The molecular formula is C19H17Cl3F2N4O. The van der Waals surface area contributed by atoms with Gasteiger partial charge in [-0.3, -0.25) is 4.79 Å². The van der Waals surface area contributed by atoms with Crippen molar-refractivity contribution in [1.82, 2.24) is 14.9 Å². The van der Waals surface area contributed by atoms with Crippen molar-refractivity contribution in [3.63, 3.8) is 0 Å². The van der Waals surface area contributed by atoms with E-state index in [-0.39, 0.29) is 45.8 Å². The van der Waals surface area contributed by atoms with Gasteiger partial charge in [-0.1, -0.05) is 23.2 Å². The molecular weight excluding hydrogens is 445 g/mol. The van der Waals surface area contributed by atoms with Crippen LogP contribution in [0.25, 0.3) is 10.9 Å². The third-order valence-electron chi connectivity index (χ3n) is 4.92. The van der Waals surface area contributed by atoms with Gasteiger partial charge in [-0.05, 0) is 37.2 Å². The smallest absolute Gasteiger partial charge is 0.263 e. The first-order valence-corrected chi connectivity index (χ1v) is 9.14. The zero-order valence-electron chi connectivity index (χ0n) is 17.7. The van der Waals surface area contributed by atoms with E-state index in [0.29, 0.717) is 17.5 Å². The summed E-state index contributed by atoms with van der Waals surface area (Å²) in [5.74, 6) is -1.60. The third-order valence-corrected chi connectivity index (χ3v) is 5.72. The molecule has 1 aliphatic heterocycles. The molecule has 0 spiro atoms. The van der Waals surface area contributed by atoms with Gasteiger partial charge in [-0.15, -0.1) is 12.4 Å². The van der Waals surface area contributed by atoms with Crippen LogP contribution in [0.5, 0.6) is 0 Å². The standard InChI is InChI=1S/C19H16Cl2F2N4O.ClH/c1-27-9-25-12-4-5-13(17(23)14(12)18(27)28)26-19(6-7-24-8-19)15-11(22)3-2-10(20)16(15)21;/h2-5,9,24,26H,6-8H2,1H3;1H/i1D3;. The molecule has 3 aromatic rings. The number of hydrogen-bond acceptors (Lipinski definition) is 4. The molecule has 4 rings (SSSR count). The molecule has 0 bridgehead atoms. The molecule has 0 saturated carbocycles. The summed E-state index contributed by atoms with van der Waals surface area (Å²) in [6, 6.07) is 5.26. The average Bonchev–Trinajstić information content (AvgIpc) is 3.15. The van der Waals surface area contributed by atoms with Crippen molar-refractivity contribution in [2.24, 2.45) is 6.98 Å². The normalized spacial score (nSPS) is 20.6. The molecule has 0 radical (unpaired) electrons. The topological polar surface area (TPSA) is 59.0 Å². The molecule has 0 amide bonds. The Kier molecular flexibility index (Phi) is 4.98. The van der Waals surface area contributed by atoms with E-state index in [2.05, 4.69) is 15.6 Å². The van der Waals surface area contributed by atoms with Crippen LogP contribution in [0, 0.1) is 11.6 Å². The number of aryl methyl sites for hydroxylation is 1. The summed E-state index contributed by atoms with van der Waals surface area (Å²) in [5, 5.41) is 5.75. The Bertz CT molecular complexity index is 1250. The quantitative estimate of drug-likeness (QED) is 0.569. The predicted molar refractivity (Wildman–Crippen MR) is 113 cm³/mol. The van der Waals surface area contributed by atoms with E-state index in [4.69, 9.17) is 27.3 Å². The number of fused-ring (bicyclic) bond motifs is 1. The third kappa shape index (κ3) is 3.57. The van der Waals surface area contributed by atoms with E-state index >= 15 is 4.39 Å². The molecule has 1 fully saturated rings. The fourth-order valence-corrected chi connectivity index (χ4v) is 4.06. The molecule has 29 heavy (non-hydrogen) atoms. The molecule has 0 aliphatic carbocycles. The van der Waals surface area contributed by atoms with Crippen LogP contribution in [0.15, 0.2) is 35.4 Å². The van der Waals surface area contributed by atoms with Gasteiger partial charge >= 0.3 is 0 Å². The number of nitrogens with zero attached hydrogens (tertiary/aromatic N) is 2. The minimum atomic E-state index is -2.82. The van der Waals surface area contributed by atoms with Crippen molar-refractivity contribution < 1.29 is 12.9 Å². The Morgan fingerprint density at radius 3 is 2.79 bits per heavy atom. The van der Waals surface area contributed by atoms with Crippen molar-refractivity contribution in [3.8, 4) is 0 Å². The van der Waals surface area contributed by atoms with Crippen LogP contribution in [-0.4, -0.2) is 22.6 Å². The summed E-state index contributed by atoms with van der Waals surface area (Å²) < 4.78 is 53.0. The van der Waals surface area contributed by atoms with Gasteiger partial charge in [-0.2, -0.15) is 0 Å². The molecule has 1 aromatic heterocycles. The Labute approximate surface area is 185 Å². The summed E-state index contributed by atoms with van der Waals surface area (Å²) in [6.45, 7) is -2.10. The summed E-state index contributed by atoms with van der Waals surface area (Å²) in [6.07, 6.45) is 1.21. The van der Waals surface area contributed by atoms with E-state index in [0.717, 1.165) is 6.33 Å². The van der Waals surface area contributed by atoms with Gasteiger partial charge in [0.2, 0.25) is 0 Å². The first kappa shape index (κ1) is 17.9. The van der Waals surface area contributed by atoms with E-state index in [1.54, 1.807) is 0 Å². The summed E-state index contributed by atoms with van der Waals surface area (Å²) in [7, 11) is 0. The zero-order chi connectivity index (χ0) is 22.6. The van der Waals surface area contributed by atoms with Crippen molar-refractivity contribution >= 4 is 52.2 Å². The van der Waals surface area contributed by atoms with Crippen LogP contribution in [-0.2, 0) is 12.5 Å². The molecule has 10 heteroatoms. The Morgan fingerprint density at radius 2 is 2.10 bits per heavy atom. The molecule has 1 saturated heterocycles. The minimum absolute atomic E-state index is 0. The largest absolute Gasteiger partial charge is 0.372 e. The summed E-state index contributed by atoms with van der Waals surface area (Å²) in [5.41, 5.74) is -2.23. The molecule has 5 nitrogen and oxygen atoms in total. The fraction of sp³-hybridized carbons (Fsp3) is 0.263. The molecule has 2 N–H and O–H groups in total. The Morgan fingerprint density at radius 1 is 1.31 bits per heavy atom. The van der Waals surface area contributed by atoms with Gasteiger partial charge in [0.25, 0.3) is 5.56 Å². The highest BCUT2D eigenvalue weighted by Crippen LogP contribution is 2.41. The number of anilines is 1. The molecule has 1 unspecified atom stereocenters. The van der Waals surface area contributed by atoms with E-state index < -0.39 is 35.1 Å². The second kappa shape index (κ2) is 8.07. The number of benzene rings is 2. The van der Waals surface area contributed by atoms with Gasteiger partial charge in [0.1, 0.15) is 11.2 Å².